The number of benzene rings is 3. The topological polar surface area (TPSA) is 186 Å². The Labute approximate surface area is 326 Å². The predicted molar refractivity (Wildman–Crippen MR) is 213 cm³/mol. The van der Waals surface area contributed by atoms with E-state index in [4.69, 9.17) is 5.11 Å². The van der Waals surface area contributed by atoms with E-state index in [-0.39, 0.29) is 39.9 Å². The second kappa shape index (κ2) is 17.9. The fraction of sp³-hybridized carbons (Fsp3) is 0.357. The van der Waals surface area contributed by atoms with Gasteiger partial charge in [0, 0.05) is 42.6 Å². The average Bonchev–Trinajstić information content (AvgIpc) is 3.21. The second-order valence-corrected chi connectivity index (χ2v) is 16.2. The van der Waals surface area contributed by atoms with Crippen molar-refractivity contribution < 1.29 is 37.8 Å². The van der Waals surface area contributed by atoms with E-state index in [0.29, 0.717) is 44.2 Å². The van der Waals surface area contributed by atoms with Gasteiger partial charge in [-0.05, 0) is 124 Å². The number of carboxylic acid groups (broad SMARTS) is 2. The molecular formula is C42H47N5O8S. The molecule has 0 bridgehead atoms. The first-order chi connectivity index (χ1) is 26.9. The number of pyridine rings is 1. The summed E-state index contributed by atoms with van der Waals surface area (Å²) in [5.41, 5.74) is 3.89. The molecule has 2 amide bonds. The van der Waals surface area contributed by atoms with Crippen LogP contribution in [0, 0.1) is 5.92 Å². The lowest BCUT2D eigenvalue weighted by Crippen LogP contribution is -2.42. The molecule has 0 atom stereocenters. The largest absolute Gasteiger partial charge is 0.481 e. The number of nitrogens with zero attached hydrogens (tertiary/aromatic N) is 3. The van der Waals surface area contributed by atoms with Gasteiger partial charge in [0.15, 0.2) is 0 Å². The van der Waals surface area contributed by atoms with Gasteiger partial charge < -0.3 is 25.7 Å². The van der Waals surface area contributed by atoms with E-state index in [1.54, 1.807) is 55.6 Å². The number of carboxylic acids is 2. The quantitative estimate of drug-likeness (QED) is 0.107. The number of rotatable bonds is 14. The van der Waals surface area contributed by atoms with E-state index in [1.807, 2.05) is 12.1 Å². The molecule has 1 aliphatic heterocycles. The highest BCUT2D eigenvalue weighted by atomic mass is 32.2. The van der Waals surface area contributed by atoms with Crippen LogP contribution in [0.4, 0.5) is 17.1 Å². The minimum Gasteiger partial charge on any atom is -0.481 e. The van der Waals surface area contributed by atoms with Crippen molar-refractivity contribution in [3.05, 3.63) is 113 Å². The van der Waals surface area contributed by atoms with E-state index in [9.17, 15) is 32.7 Å². The zero-order valence-electron chi connectivity index (χ0n) is 31.3. The number of carbonyl (C=O) groups excluding carboxylic acids is 2. The minimum atomic E-state index is -4.01. The molecule has 4 N–H and O–H groups in total. The number of carbonyl (C=O) groups is 4. The third-order valence-electron chi connectivity index (χ3n) is 10.6. The lowest BCUT2D eigenvalue weighted by Gasteiger charge is -2.34. The van der Waals surface area contributed by atoms with Crippen molar-refractivity contribution in [2.24, 2.45) is 5.92 Å². The summed E-state index contributed by atoms with van der Waals surface area (Å²) < 4.78 is 29.1. The highest BCUT2D eigenvalue weighted by Gasteiger charge is 2.35. The predicted octanol–water partition coefficient (Wildman–Crippen LogP) is 6.71. The molecule has 2 aliphatic rings. The number of aryl methyl sites for hydroxylation is 2. The molecular weight excluding hydrogens is 735 g/mol. The van der Waals surface area contributed by atoms with Gasteiger partial charge in [-0.25, -0.2) is 13.2 Å². The molecule has 1 aliphatic carbocycles. The van der Waals surface area contributed by atoms with E-state index in [0.717, 1.165) is 49.3 Å². The Morgan fingerprint density at radius 3 is 2.18 bits per heavy atom. The molecule has 4 aromatic rings. The number of amides is 2. The van der Waals surface area contributed by atoms with Gasteiger partial charge in [-0.15, -0.1) is 0 Å². The highest BCUT2D eigenvalue weighted by molar-refractivity contribution is 7.89. The van der Waals surface area contributed by atoms with Crippen molar-refractivity contribution in [1.82, 2.24) is 9.29 Å². The van der Waals surface area contributed by atoms with E-state index < -0.39 is 39.7 Å². The molecule has 14 heteroatoms. The van der Waals surface area contributed by atoms with Gasteiger partial charge in [-0.3, -0.25) is 19.4 Å². The third-order valence-corrected chi connectivity index (χ3v) is 12.7. The molecule has 6 rings (SSSR count). The van der Waals surface area contributed by atoms with Gasteiger partial charge in [-0.1, -0.05) is 25.1 Å². The summed E-state index contributed by atoms with van der Waals surface area (Å²) in [4.78, 5) is 56.9. The fourth-order valence-electron chi connectivity index (χ4n) is 7.47. The number of nitrogens with one attached hydrogen (secondary N) is 2. The first kappa shape index (κ1) is 40.1. The van der Waals surface area contributed by atoms with Crippen molar-refractivity contribution in [2.45, 2.75) is 75.6 Å². The number of aromatic carboxylic acids is 1. The summed E-state index contributed by atoms with van der Waals surface area (Å²) >= 11 is 0. The third kappa shape index (κ3) is 9.61. The van der Waals surface area contributed by atoms with Crippen LogP contribution in [0.5, 0.6) is 0 Å². The first-order valence-corrected chi connectivity index (χ1v) is 20.5. The van der Waals surface area contributed by atoms with Crippen molar-refractivity contribution in [2.75, 3.05) is 35.2 Å². The highest BCUT2D eigenvalue weighted by Crippen LogP contribution is 2.32. The van der Waals surface area contributed by atoms with Gasteiger partial charge in [0.1, 0.15) is 0 Å². The molecule has 56 heavy (non-hydrogen) atoms. The maximum absolute atomic E-state index is 13.9. The summed E-state index contributed by atoms with van der Waals surface area (Å²) in [5, 5.41) is 24.3. The molecule has 0 spiro atoms. The monoisotopic (exact) mass is 781 g/mol. The summed E-state index contributed by atoms with van der Waals surface area (Å²) in [6.07, 6.45) is 7.71. The first-order valence-electron chi connectivity index (χ1n) is 19.1. The van der Waals surface area contributed by atoms with E-state index in [1.165, 1.54) is 28.6 Å². The van der Waals surface area contributed by atoms with Crippen molar-refractivity contribution in [3.63, 3.8) is 0 Å². The number of anilines is 3. The number of aromatic nitrogens is 1. The van der Waals surface area contributed by atoms with Gasteiger partial charge >= 0.3 is 11.9 Å². The Morgan fingerprint density at radius 1 is 0.804 bits per heavy atom. The second-order valence-electron chi connectivity index (χ2n) is 14.3. The molecule has 3 aromatic carbocycles. The van der Waals surface area contributed by atoms with Crippen LogP contribution in [0.2, 0.25) is 0 Å². The molecule has 13 nitrogen and oxygen atoms in total. The lowest BCUT2D eigenvalue weighted by atomic mass is 9.86. The summed E-state index contributed by atoms with van der Waals surface area (Å²) in [5.74, 6) is -3.36. The number of sulfonamides is 1. The minimum absolute atomic E-state index is 0.0437. The van der Waals surface area contributed by atoms with Crippen LogP contribution in [0.1, 0.15) is 94.2 Å². The lowest BCUT2D eigenvalue weighted by molar-refractivity contribution is -0.143. The van der Waals surface area contributed by atoms with Crippen LogP contribution in [0.3, 0.4) is 0 Å². The molecule has 1 aromatic heterocycles. The summed E-state index contributed by atoms with van der Waals surface area (Å²) in [6, 6.07) is 21.0. The molecule has 0 radical (unpaired) electrons. The summed E-state index contributed by atoms with van der Waals surface area (Å²) in [7, 11) is -4.01. The van der Waals surface area contributed by atoms with Gasteiger partial charge in [0.25, 0.3) is 11.8 Å². The number of hydrogen-bond donors (Lipinski definition) is 4. The van der Waals surface area contributed by atoms with Crippen LogP contribution in [0.25, 0.3) is 0 Å². The van der Waals surface area contributed by atoms with Crippen LogP contribution in [0.15, 0.2) is 90.0 Å². The smallest absolute Gasteiger partial charge is 0.335 e. The number of hydrogen-bond acceptors (Lipinski definition) is 8. The molecule has 294 valence electrons. The fourth-order valence-corrected chi connectivity index (χ4v) is 9.21. The zero-order valence-corrected chi connectivity index (χ0v) is 32.1. The van der Waals surface area contributed by atoms with Gasteiger partial charge in [0.05, 0.1) is 39.5 Å². The zero-order chi connectivity index (χ0) is 39.8. The standard InChI is InChI=1S/C42H47N5O8S/c1-2-47(34-19-14-30(15-20-34)42(52)53)56(54,55)36-8-6-7-31(25-36)39(48)45-38-22-21-35(46-23-4-3-5-24-46)26-37(38)40(49)44-33-18-17-32(43-27-33)16-11-28-9-12-29(13-10-28)41(50)51/h6-10,12-13,17-18,21-22,25-27,30,34H,2-5,11,14-16,19-20,23-24H2,1H3,(H,44,49)(H,45,48)(H,50,51)(H,52,53). The Morgan fingerprint density at radius 2 is 1.54 bits per heavy atom. The average molecular weight is 782 g/mol. The molecule has 1 saturated heterocycles. The van der Waals surface area contributed by atoms with Crippen LogP contribution in [-0.4, -0.2) is 77.3 Å². The Balaban J connectivity index is 1.17. The Hall–Kier alpha value is -5.60. The number of piperidine rings is 1. The molecule has 2 heterocycles. The van der Waals surface area contributed by atoms with Crippen LogP contribution in [-0.2, 0) is 27.7 Å². The summed E-state index contributed by atoms with van der Waals surface area (Å²) in [6.45, 7) is 3.64. The van der Waals surface area contributed by atoms with Crippen molar-refractivity contribution in [3.8, 4) is 0 Å². The van der Waals surface area contributed by atoms with Crippen LogP contribution >= 0.6 is 0 Å². The SMILES string of the molecule is CCN(C1CCC(C(=O)O)CC1)S(=O)(=O)c1cccc(C(=O)Nc2ccc(N3CCCCC3)cc2C(=O)Nc2ccc(CCc3ccc(C(=O)O)cc3)nc2)c1. The molecule has 0 unspecified atom stereocenters. The molecule has 1 saturated carbocycles. The van der Waals surface area contributed by atoms with Gasteiger partial charge in [-0.2, -0.15) is 4.31 Å². The maximum Gasteiger partial charge on any atom is 0.335 e. The van der Waals surface area contributed by atoms with Crippen molar-refractivity contribution >= 4 is 50.8 Å². The Bertz CT molecular complexity index is 2160. The van der Waals surface area contributed by atoms with Gasteiger partial charge in [0.2, 0.25) is 10.0 Å². The maximum atomic E-state index is 13.9. The normalized spacial score (nSPS) is 17.3. The van der Waals surface area contributed by atoms with Crippen molar-refractivity contribution in [1.29, 1.82) is 0 Å². The van der Waals surface area contributed by atoms with E-state index in [2.05, 4.69) is 20.5 Å². The van der Waals surface area contributed by atoms with Crippen LogP contribution < -0.4 is 15.5 Å². The number of aliphatic carboxylic acids is 1. The Kier molecular flexibility index (Phi) is 12.8. The van der Waals surface area contributed by atoms with E-state index >= 15 is 0 Å². The molecule has 2 fully saturated rings.